The van der Waals surface area contributed by atoms with Gasteiger partial charge in [-0.2, -0.15) is 0 Å². The highest BCUT2D eigenvalue weighted by atomic mass is 16.6. The molecule has 16 heteroatoms. The first-order valence-corrected chi connectivity index (χ1v) is 18.5. The zero-order valence-electron chi connectivity index (χ0n) is 34.6. The lowest BCUT2D eigenvalue weighted by molar-refractivity contribution is -0.144. The highest BCUT2D eigenvalue weighted by Gasteiger charge is 2.32. The molecule has 0 aliphatic rings. The smallest absolute Gasteiger partial charge is 0.302 e. The van der Waals surface area contributed by atoms with Crippen LogP contribution in [0.3, 0.4) is 0 Å². The Labute approximate surface area is 335 Å². The van der Waals surface area contributed by atoms with Crippen LogP contribution in [0.5, 0.6) is 0 Å². The Morgan fingerprint density at radius 1 is 0.259 bits per heavy atom. The summed E-state index contributed by atoms with van der Waals surface area (Å²) in [6, 6.07) is 0. The van der Waals surface area contributed by atoms with Crippen molar-refractivity contribution in [2.24, 2.45) is 0 Å². The first-order valence-electron chi connectivity index (χ1n) is 18.5. The van der Waals surface area contributed by atoms with Crippen LogP contribution in [0.15, 0.2) is 0 Å². The summed E-state index contributed by atoms with van der Waals surface area (Å²) in [6.07, 6.45) is 0.480. The second-order valence-corrected chi connectivity index (χ2v) is 13.2. The molecule has 0 heterocycles. The first-order chi connectivity index (χ1) is 27.3. The Morgan fingerprint density at radius 2 is 0.397 bits per heavy atom. The standard InChI is InChI=1S/C42H50O16/c1-11-29-39-35(17-55-25(7)47)31(13-51-21(3)43)33(15-53-23(5)45)37(19-57-27(9)49)41(39)30(12-2)42-38(20-58-28(10)50)34(16-54-24(6)46)32(14-52-22(4)44)36(40(29)42)18-56-26(8)48/h11-20H2,1-10H3. The van der Waals surface area contributed by atoms with Gasteiger partial charge in [0, 0.05) is 99.9 Å². The number of carbonyl (C=O) groups is 8. The number of esters is 8. The average Bonchev–Trinajstić information content (AvgIpc) is 3.13. The molecule has 0 spiro atoms. The minimum atomic E-state index is -0.642. The van der Waals surface area contributed by atoms with Gasteiger partial charge in [-0.25, -0.2) is 0 Å². The van der Waals surface area contributed by atoms with E-state index in [9.17, 15) is 38.4 Å². The second-order valence-electron chi connectivity index (χ2n) is 13.2. The van der Waals surface area contributed by atoms with Gasteiger partial charge in [-0.1, -0.05) is 13.8 Å². The van der Waals surface area contributed by atoms with Crippen LogP contribution in [0, 0.1) is 0 Å². The second kappa shape index (κ2) is 20.9. The van der Waals surface area contributed by atoms with Crippen molar-refractivity contribution in [2.45, 2.75) is 135 Å². The van der Waals surface area contributed by atoms with Crippen LogP contribution in [-0.2, 0) is 142 Å². The van der Waals surface area contributed by atoms with E-state index in [1.165, 1.54) is 55.4 Å². The van der Waals surface area contributed by atoms with E-state index < -0.39 is 47.8 Å². The molecule has 16 nitrogen and oxygen atoms in total. The molecule has 0 aliphatic carbocycles. The summed E-state index contributed by atoms with van der Waals surface area (Å²) in [5.74, 6) is -5.11. The monoisotopic (exact) mass is 810 g/mol. The Kier molecular flexibility index (Phi) is 16.7. The molecule has 0 saturated heterocycles. The molecule has 58 heavy (non-hydrogen) atoms. The van der Waals surface area contributed by atoms with E-state index >= 15 is 0 Å². The van der Waals surface area contributed by atoms with Crippen molar-refractivity contribution < 1.29 is 76.3 Å². The summed E-state index contributed by atoms with van der Waals surface area (Å²) in [5.41, 5.74) is 3.91. The summed E-state index contributed by atoms with van der Waals surface area (Å²) in [4.78, 5) is 99.1. The van der Waals surface area contributed by atoms with Crippen LogP contribution in [0.1, 0.15) is 125 Å². The lowest BCUT2D eigenvalue weighted by atomic mass is 9.77. The maximum atomic E-state index is 12.5. The Bertz CT molecular complexity index is 1850. The van der Waals surface area contributed by atoms with E-state index in [4.69, 9.17) is 37.9 Å². The predicted octanol–water partition coefficient (Wildman–Crippen LogP) is 5.62. The molecule has 0 fully saturated rings. The molecule has 0 unspecified atom stereocenters. The van der Waals surface area contributed by atoms with Gasteiger partial charge in [0.05, 0.1) is 0 Å². The van der Waals surface area contributed by atoms with E-state index in [1.54, 1.807) is 0 Å². The van der Waals surface area contributed by atoms with Crippen LogP contribution in [-0.4, -0.2) is 47.8 Å². The maximum Gasteiger partial charge on any atom is 0.302 e. The number of ether oxygens (including phenoxy) is 8. The fourth-order valence-electron chi connectivity index (χ4n) is 6.95. The predicted molar refractivity (Wildman–Crippen MR) is 204 cm³/mol. The molecule has 0 amide bonds. The molecule has 3 aromatic rings. The molecule has 0 atom stereocenters. The Morgan fingerprint density at radius 3 is 0.517 bits per heavy atom. The van der Waals surface area contributed by atoms with Crippen LogP contribution in [0.25, 0.3) is 21.5 Å². The third-order valence-electron chi connectivity index (χ3n) is 9.17. The van der Waals surface area contributed by atoms with Crippen molar-refractivity contribution in [2.75, 3.05) is 0 Å². The molecule has 0 aliphatic heterocycles. The molecule has 314 valence electrons. The number of aryl methyl sites for hydroxylation is 2. The topological polar surface area (TPSA) is 210 Å². The molecule has 0 N–H and O–H groups in total. The molecule has 3 rings (SSSR count). The van der Waals surface area contributed by atoms with Gasteiger partial charge in [0.1, 0.15) is 52.9 Å². The number of fused-ring (bicyclic) bond motifs is 2. The minimum Gasteiger partial charge on any atom is -0.461 e. The van der Waals surface area contributed by atoms with Crippen molar-refractivity contribution >= 4 is 69.3 Å². The van der Waals surface area contributed by atoms with Crippen molar-refractivity contribution in [3.8, 4) is 0 Å². The van der Waals surface area contributed by atoms with Gasteiger partial charge in [-0.15, -0.1) is 0 Å². The third-order valence-corrected chi connectivity index (χ3v) is 9.17. The SMILES string of the molecule is CCc1c2c(COC(C)=O)c(COC(C)=O)c(COC(C)=O)c(COC(C)=O)c2c(CC)c2c(COC(C)=O)c(COC(C)=O)c(COC(C)=O)c(COC(C)=O)c12. The van der Waals surface area contributed by atoms with Crippen molar-refractivity contribution in [1.82, 2.24) is 0 Å². The molecular formula is C42H50O16. The molecule has 0 bridgehead atoms. The lowest BCUT2D eigenvalue weighted by Gasteiger charge is -2.30. The Balaban J connectivity index is 3.01. The molecule has 0 aromatic heterocycles. The number of hydrogen-bond donors (Lipinski definition) is 0. The van der Waals surface area contributed by atoms with Gasteiger partial charge in [0.25, 0.3) is 0 Å². The first kappa shape index (κ1) is 46.3. The summed E-state index contributed by atoms with van der Waals surface area (Å²) in [7, 11) is 0. The van der Waals surface area contributed by atoms with E-state index in [-0.39, 0.29) is 65.7 Å². The highest BCUT2D eigenvalue weighted by molar-refractivity contribution is 6.12. The lowest BCUT2D eigenvalue weighted by Crippen LogP contribution is -2.19. The van der Waals surface area contributed by atoms with Gasteiger partial charge in [0.15, 0.2) is 0 Å². The highest BCUT2D eigenvalue weighted by Crippen LogP contribution is 2.46. The van der Waals surface area contributed by atoms with Crippen LogP contribution in [0.2, 0.25) is 0 Å². The van der Waals surface area contributed by atoms with Crippen LogP contribution < -0.4 is 0 Å². The van der Waals surface area contributed by atoms with Crippen LogP contribution >= 0.6 is 0 Å². The summed E-state index contributed by atoms with van der Waals surface area (Å²) >= 11 is 0. The van der Waals surface area contributed by atoms with Gasteiger partial charge < -0.3 is 37.9 Å². The number of benzene rings is 3. The van der Waals surface area contributed by atoms with Crippen molar-refractivity contribution in [3.05, 3.63) is 55.6 Å². The Hall–Kier alpha value is -6.06. The minimum absolute atomic E-state index is 0.240. The fraction of sp³-hybridized carbons (Fsp3) is 0.476. The van der Waals surface area contributed by atoms with Gasteiger partial charge in [-0.3, -0.25) is 38.4 Å². The number of rotatable bonds is 18. The largest absolute Gasteiger partial charge is 0.461 e. The van der Waals surface area contributed by atoms with E-state index in [0.29, 0.717) is 77.2 Å². The molecule has 0 saturated carbocycles. The molecule has 0 radical (unpaired) electrons. The number of carbonyl (C=O) groups excluding carboxylic acids is 8. The summed E-state index contributed by atoms with van der Waals surface area (Å²) < 4.78 is 44.7. The third kappa shape index (κ3) is 11.5. The number of hydrogen-bond acceptors (Lipinski definition) is 16. The van der Waals surface area contributed by atoms with Gasteiger partial charge in [-0.05, 0) is 45.5 Å². The van der Waals surface area contributed by atoms with Gasteiger partial charge >= 0.3 is 47.8 Å². The average molecular weight is 811 g/mol. The van der Waals surface area contributed by atoms with Crippen molar-refractivity contribution in [1.29, 1.82) is 0 Å². The van der Waals surface area contributed by atoms with E-state index in [1.807, 2.05) is 13.8 Å². The van der Waals surface area contributed by atoms with E-state index in [0.717, 1.165) is 0 Å². The quantitative estimate of drug-likeness (QED) is 0.0867. The molecular weight excluding hydrogens is 760 g/mol. The fourth-order valence-corrected chi connectivity index (χ4v) is 6.95. The zero-order valence-corrected chi connectivity index (χ0v) is 34.6. The summed E-state index contributed by atoms with van der Waals surface area (Å²) in [5, 5.41) is 1.99. The zero-order chi connectivity index (χ0) is 43.4. The summed E-state index contributed by atoms with van der Waals surface area (Å²) in [6.45, 7) is 10.5. The van der Waals surface area contributed by atoms with Crippen molar-refractivity contribution in [3.63, 3.8) is 0 Å². The van der Waals surface area contributed by atoms with E-state index in [2.05, 4.69) is 0 Å². The maximum absolute atomic E-state index is 12.5. The normalized spacial score (nSPS) is 10.8. The van der Waals surface area contributed by atoms with Gasteiger partial charge in [0.2, 0.25) is 0 Å². The molecule has 3 aromatic carbocycles. The van der Waals surface area contributed by atoms with Crippen LogP contribution in [0.4, 0.5) is 0 Å².